The number of hydrogen-bond acceptors (Lipinski definition) is 6. The highest BCUT2D eigenvalue weighted by molar-refractivity contribution is 4.64. The van der Waals surface area contributed by atoms with E-state index in [2.05, 4.69) is 9.80 Å². The quantitative estimate of drug-likeness (QED) is 0.313. The molecule has 7 N–H and O–H groups in total. The fourth-order valence-electron chi connectivity index (χ4n) is 1.64. The predicted octanol–water partition coefficient (Wildman–Crippen LogP) is -2.54. The molecule has 0 aromatic carbocycles. The third-order valence-electron chi connectivity index (χ3n) is 2.48. The molecule has 0 saturated heterocycles. The van der Waals surface area contributed by atoms with E-state index in [-0.39, 0.29) is 6.61 Å². The molecule has 0 aliphatic rings. The Morgan fingerprint density at radius 3 is 1.31 bits per heavy atom. The van der Waals surface area contributed by atoms with Gasteiger partial charge in [0.15, 0.2) is 0 Å². The minimum absolute atomic E-state index is 0.174. The highest BCUT2D eigenvalue weighted by atomic mass is 16.3. The Labute approximate surface area is 98.4 Å². The lowest BCUT2D eigenvalue weighted by Gasteiger charge is -2.26. The van der Waals surface area contributed by atoms with Gasteiger partial charge in [0.1, 0.15) is 0 Å². The third kappa shape index (κ3) is 7.98. The molecule has 0 aliphatic carbocycles. The smallest absolute Gasteiger partial charge is 0.0558 e. The molecule has 0 unspecified atom stereocenters. The molecular weight excluding hydrogens is 206 g/mol. The number of rotatable bonds is 11. The zero-order valence-electron chi connectivity index (χ0n) is 10.1. The van der Waals surface area contributed by atoms with Gasteiger partial charge in [-0.3, -0.25) is 9.80 Å². The molecule has 0 aromatic heterocycles. The molecule has 16 heavy (non-hydrogen) atoms. The van der Waals surface area contributed by atoms with Crippen molar-refractivity contribution in [3.8, 4) is 0 Å². The molecule has 6 nitrogen and oxygen atoms in total. The van der Waals surface area contributed by atoms with Gasteiger partial charge in [-0.15, -0.1) is 0 Å². The largest absolute Gasteiger partial charge is 0.395 e. The fourth-order valence-corrected chi connectivity index (χ4v) is 1.64. The Kier molecular flexibility index (Phi) is 11.1. The van der Waals surface area contributed by atoms with E-state index in [9.17, 15) is 0 Å². The molecule has 0 amide bonds. The first-order valence-corrected chi connectivity index (χ1v) is 5.94. The lowest BCUT2D eigenvalue weighted by molar-refractivity contribution is 0.173. The van der Waals surface area contributed by atoms with Gasteiger partial charge in [0.25, 0.3) is 0 Å². The molecule has 0 radical (unpaired) electrons. The zero-order valence-corrected chi connectivity index (χ0v) is 10.1. The van der Waals surface area contributed by atoms with Crippen molar-refractivity contribution >= 4 is 0 Å². The summed E-state index contributed by atoms with van der Waals surface area (Å²) in [6.45, 7) is 7.15. The normalized spacial score (nSPS) is 11.6. The van der Waals surface area contributed by atoms with Gasteiger partial charge in [0.05, 0.1) is 6.61 Å². The summed E-state index contributed by atoms with van der Waals surface area (Å²) in [6.07, 6.45) is 0. The monoisotopic (exact) mass is 233 g/mol. The number of nitrogens with two attached hydrogens (primary N) is 3. The van der Waals surface area contributed by atoms with Crippen LogP contribution in [-0.2, 0) is 0 Å². The second-order valence-corrected chi connectivity index (χ2v) is 3.77. The van der Waals surface area contributed by atoms with E-state index in [1.54, 1.807) is 0 Å². The van der Waals surface area contributed by atoms with Crippen LogP contribution in [-0.4, -0.2) is 80.4 Å². The summed E-state index contributed by atoms with van der Waals surface area (Å²) in [5.41, 5.74) is 16.6. The van der Waals surface area contributed by atoms with Gasteiger partial charge in [-0.25, -0.2) is 0 Å². The lowest BCUT2D eigenvalue weighted by atomic mass is 10.4. The molecule has 0 fully saturated rings. The van der Waals surface area contributed by atoms with Crippen molar-refractivity contribution in [3.63, 3.8) is 0 Å². The lowest BCUT2D eigenvalue weighted by Crippen LogP contribution is -2.42. The van der Waals surface area contributed by atoms with Crippen LogP contribution in [0, 0.1) is 0 Å². The van der Waals surface area contributed by atoms with Crippen LogP contribution in [0.1, 0.15) is 0 Å². The Morgan fingerprint density at radius 2 is 1.00 bits per heavy atom. The van der Waals surface area contributed by atoms with Crippen LogP contribution in [0.15, 0.2) is 0 Å². The van der Waals surface area contributed by atoms with Gasteiger partial charge >= 0.3 is 0 Å². The molecule has 6 heteroatoms. The summed E-state index contributed by atoms with van der Waals surface area (Å²) in [5.74, 6) is 0. The molecule has 0 spiro atoms. The first-order chi connectivity index (χ1) is 7.78. The Hall–Kier alpha value is -0.240. The van der Waals surface area contributed by atoms with Crippen molar-refractivity contribution in [3.05, 3.63) is 0 Å². The van der Waals surface area contributed by atoms with Gasteiger partial charge in [-0.2, -0.15) is 0 Å². The summed E-state index contributed by atoms with van der Waals surface area (Å²) >= 11 is 0. The molecule has 0 aliphatic heterocycles. The Morgan fingerprint density at radius 1 is 0.625 bits per heavy atom. The maximum atomic E-state index is 8.90. The molecule has 0 rings (SSSR count). The van der Waals surface area contributed by atoms with Crippen LogP contribution < -0.4 is 17.2 Å². The summed E-state index contributed by atoms with van der Waals surface area (Å²) in [5, 5.41) is 8.90. The van der Waals surface area contributed by atoms with Gasteiger partial charge < -0.3 is 22.3 Å². The summed E-state index contributed by atoms with van der Waals surface area (Å²) in [6, 6.07) is 0. The SMILES string of the molecule is NCCN(CCN)CCN(CCN)CCO. The number of aliphatic hydroxyl groups excluding tert-OH is 1. The second kappa shape index (κ2) is 11.3. The van der Waals surface area contributed by atoms with Crippen molar-refractivity contribution in [2.24, 2.45) is 17.2 Å². The minimum Gasteiger partial charge on any atom is -0.395 e. The van der Waals surface area contributed by atoms with Crippen molar-refractivity contribution in [1.29, 1.82) is 0 Å². The third-order valence-corrected chi connectivity index (χ3v) is 2.48. The van der Waals surface area contributed by atoms with E-state index >= 15 is 0 Å². The fraction of sp³-hybridized carbons (Fsp3) is 1.00. The first-order valence-electron chi connectivity index (χ1n) is 5.94. The van der Waals surface area contributed by atoms with Gasteiger partial charge in [-0.1, -0.05) is 0 Å². The Balaban J connectivity index is 3.83. The summed E-state index contributed by atoms with van der Waals surface area (Å²) in [7, 11) is 0. The summed E-state index contributed by atoms with van der Waals surface area (Å²) < 4.78 is 0. The number of nitrogens with zero attached hydrogens (tertiary/aromatic N) is 2. The summed E-state index contributed by atoms with van der Waals surface area (Å²) in [4.78, 5) is 4.39. The molecule has 0 heterocycles. The average Bonchev–Trinajstić information content (AvgIpc) is 2.27. The average molecular weight is 233 g/mol. The van der Waals surface area contributed by atoms with E-state index in [0.717, 1.165) is 32.7 Å². The molecule has 0 aromatic rings. The van der Waals surface area contributed by atoms with Crippen LogP contribution in [0.2, 0.25) is 0 Å². The number of hydrogen-bond donors (Lipinski definition) is 4. The standard InChI is InChI=1S/C10H27N5O/c11-1-4-14(5-2-12)7-8-15(6-3-13)9-10-16/h16H,1-13H2. The van der Waals surface area contributed by atoms with Crippen molar-refractivity contribution < 1.29 is 5.11 Å². The van der Waals surface area contributed by atoms with Gasteiger partial charge in [-0.05, 0) is 0 Å². The Bertz CT molecular complexity index is 119. The van der Waals surface area contributed by atoms with Crippen LogP contribution in [0.5, 0.6) is 0 Å². The van der Waals surface area contributed by atoms with E-state index in [1.165, 1.54) is 0 Å². The maximum absolute atomic E-state index is 8.90. The molecule has 0 atom stereocenters. The molecular formula is C10H27N5O. The van der Waals surface area contributed by atoms with Crippen molar-refractivity contribution in [2.45, 2.75) is 0 Å². The van der Waals surface area contributed by atoms with Crippen LogP contribution >= 0.6 is 0 Å². The van der Waals surface area contributed by atoms with Crippen LogP contribution in [0.3, 0.4) is 0 Å². The number of aliphatic hydroxyl groups is 1. The van der Waals surface area contributed by atoms with Crippen LogP contribution in [0.4, 0.5) is 0 Å². The molecule has 0 bridgehead atoms. The first kappa shape index (κ1) is 15.8. The second-order valence-electron chi connectivity index (χ2n) is 3.77. The van der Waals surface area contributed by atoms with E-state index in [4.69, 9.17) is 22.3 Å². The zero-order chi connectivity index (χ0) is 12.2. The van der Waals surface area contributed by atoms with E-state index < -0.39 is 0 Å². The maximum Gasteiger partial charge on any atom is 0.0558 e. The molecule has 0 saturated carbocycles. The van der Waals surface area contributed by atoms with Crippen molar-refractivity contribution in [1.82, 2.24) is 9.80 Å². The van der Waals surface area contributed by atoms with Crippen LogP contribution in [0.25, 0.3) is 0 Å². The highest BCUT2D eigenvalue weighted by Gasteiger charge is 2.07. The van der Waals surface area contributed by atoms with Crippen molar-refractivity contribution in [2.75, 3.05) is 65.5 Å². The van der Waals surface area contributed by atoms with E-state index in [1.807, 2.05) is 0 Å². The topological polar surface area (TPSA) is 105 Å². The van der Waals surface area contributed by atoms with E-state index in [0.29, 0.717) is 26.2 Å². The highest BCUT2D eigenvalue weighted by Crippen LogP contribution is 1.91. The van der Waals surface area contributed by atoms with Gasteiger partial charge in [0.2, 0.25) is 0 Å². The minimum atomic E-state index is 0.174. The van der Waals surface area contributed by atoms with Gasteiger partial charge in [0, 0.05) is 58.9 Å². The predicted molar refractivity (Wildman–Crippen MR) is 67.1 cm³/mol. The molecule has 98 valence electrons.